The van der Waals surface area contributed by atoms with Crippen LogP contribution < -0.4 is 4.72 Å². The molecule has 0 fully saturated rings. The van der Waals surface area contributed by atoms with Crippen LogP contribution in [-0.2, 0) is 0 Å². The predicted octanol–water partition coefficient (Wildman–Crippen LogP) is 5.56. The summed E-state index contributed by atoms with van der Waals surface area (Å²) in [6.07, 6.45) is 1.80. The maximum Gasteiger partial charge on any atom is 0.145 e. The van der Waals surface area contributed by atoms with Gasteiger partial charge in [-0.2, -0.15) is 0 Å². The van der Waals surface area contributed by atoms with Crippen LogP contribution in [0.2, 0.25) is 5.02 Å². The van der Waals surface area contributed by atoms with E-state index in [-0.39, 0.29) is 10.8 Å². The highest BCUT2D eigenvalue weighted by Gasteiger charge is 2.10. The molecule has 0 unspecified atom stereocenters. The molecule has 5 heteroatoms. The third-order valence-electron chi connectivity index (χ3n) is 3.08. The Morgan fingerprint density at radius 1 is 1.29 bits per heavy atom. The number of phenolic OH excluding ortho intramolecular Hbond substituents is 1. The Hall–Kier alpha value is -1.65. The van der Waals surface area contributed by atoms with Gasteiger partial charge >= 0.3 is 0 Å². The number of anilines is 1. The van der Waals surface area contributed by atoms with Crippen molar-refractivity contribution >= 4 is 35.3 Å². The van der Waals surface area contributed by atoms with Gasteiger partial charge in [-0.3, -0.25) is 0 Å². The summed E-state index contributed by atoms with van der Waals surface area (Å²) in [5.41, 5.74) is 4.10. The van der Waals surface area contributed by atoms with Crippen LogP contribution in [0.15, 0.2) is 35.7 Å². The van der Waals surface area contributed by atoms with Gasteiger partial charge in [0.2, 0.25) is 0 Å². The van der Waals surface area contributed by atoms with E-state index < -0.39 is 5.82 Å². The molecule has 0 bridgehead atoms. The minimum Gasteiger partial charge on any atom is -0.507 e. The summed E-state index contributed by atoms with van der Waals surface area (Å²) < 4.78 is 16.4. The lowest BCUT2D eigenvalue weighted by Crippen LogP contribution is -1.94. The van der Waals surface area contributed by atoms with Crippen LogP contribution in [0.3, 0.4) is 0 Å². The number of nitrogens with one attached hydrogen (secondary N) is 1. The van der Waals surface area contributed by atoms with E-state index in [1.54, 1.807) is 6.08 Å². The number of hydrogen-bond donors (Lipinski definition) is 2. The Bertz CT molecular complexity index is 703. The van der Waals surface area contributed by atoms with Gasteiger partial charge in [0, 0.05) is 11.8 Å². The van der Waals surface area contributed by atoms with Crippen LogP contribution in [0.4, 0.5) is 10.1 Å². The number of hydrogen-bond acceptors (Lipinski definition) is 3. The molecule has 21 heavy (non-hydrogen) atoms. The number of phenols is 1. The second kappa shape index (κ2) is 6.41. The smallest absolute Gasteiger partial charge is 0.145 e. The Morgan fingerprint density at radius 2 is 2.00 bits per heavy atom. The Balaban J connectivity index is 2.26. The van der Waals surface area contributed by atoms with E-state index in [0.29, 0.717) is 4.90 Å². The number of aromatic hydroxyl groups is 1. The summed E-state index contributed by atoms with van der Waals surface area (Å²) in [4.78, 5) is 0.461. The van der Waals surface area contributed by atoms with E-state index in [0.717, 1.165) is 28.4 Å². The molecule has 0 aliphatic rings. The van der Waals surface area contributed by atoms with Crippen LogP contribution >= 0.6 is 23.5 Å². The van der Waals surface area contributed by atoms with Crippen LogP contribution in [-0.4, -0.2) is 5.11 Å². The lowest BCUT2D eigenvalue weighted by Gasteiger charge is -2.13. The molecular formula is C16H15ClFNOS. The average Bonchev–Trinajstić information content (AvgIpc) is 2.44. The Morgan fingerprint density at radius 3 is 2.67 bits per heavy atom. The summed E-state index contributed by atoms with van der Waals surface area (Å²) in [6, 6.07) is 6.44. The molecule has 2 N–H and O–H groups in total. The second-order valence-corrected chi connectivity index (χ2v) is 5.92. The van der Waals surface area contributed by atoms with Gasteiger partial charge in [-0.15, -0.1) is 0 Å². The Kier molecular flexibility index (Phi) is 4.80. The molecule has 0 aromatic heterocycles. The zero-order valence-corrected chi connectivity index (χ0v) is 13.3. The van der Waals surface area contributed by atoms with Crippen molar-refractivity contribution in [2.45, 2.75) is 18.7 Å². The van der Waals surface area contributed by atoms with Gasteiger partial charge in [0.1, 0.15) is 11.6 Å². The number of halogens is 2. The first-order valence-corrected chi connectivity index (χ1v) is 7.46. The zero-order chi connectivity index (χ0) is 15.6. The molecule has 0 aliphatic heterocycles. The molecule has 0 spiro atoms. The monoisotopic (exact) mass is 323 g/mol. The molecule has 0 amide bonds. The topological polar surface area (TPSA) is 32.3 Å². The van der Waals surface area contributed by atoms with E-state index in [9.17, 15) is 9.50 Å². The van der Waals surface area contributed by atoms with Gasteiger partial charge in [0.15, 0.2) is 0 Å². The fraction of sp³-hybridized carbons (Fsp3) is 0.125. The molecule has 0 saturated carbocycles. The first kappa shape index (κ1) is 15.7. The minimum absolute atomic E-state index is 0.0233. The van der Waals surface area contributed by atoms with Crippen molar-refractivity contribution in [2.75, 3.05) is 4.72 Å². The van der Waals surface area contributed by atoms with Crippen molar-refractivity contribution in [1.82, 2.24) is 0 Å². The third kappa shape index (κ3) is 3.52. The van der Waals surface area contributed by atoms with Gasteiger partial charge in [-0.25, -0.2) is 4.39 Å². The highest BCUT2D eigenvalue weighted by molar-refractivity contribution is 8.00. The number of benzene rings is 2. The van der Waals surface area contributed by atoms with Crippen molar-refractivity contribution in [3.8, 4) is 5.75 Å². The van der Waals surface area contributed by atoms with E-state index in [1.807, 2.05) is 26.0 Å². The molecule has 2 aromatic rings. The molecular weight excluding hydrogens is 309 g/mol. The summed E-state index contributed by atoms with van der Waals surface area (Å²) in [5, 5.41) is 9.72. The van der Waals surface area contributed by atoms with Gasteiger partial charge in [0.25, 0.3) is 0 Å². The molecule has 0 heterocycles. The lowest BCUT2D eigenvalue weighted by molar-refractivity contribution is 0.456. The van der Waals surface area contributed by atoms with Crippen LogP contribution in [0, 0.1) is 19.7 Å². The van der Waals surface area contributed by atoms with E-state index >= 15 is 0 Å². The van der Waals surface area contributed by atoms with Crippen molar-refractivity contribution in [1.29, 1.82) is 0 Å². The summed E-state index contributed by atoms with van der Waals surface area (Å²) >= 11 is 6.91. The van der Waals surface area contributed by atoms with Crippen molar-refractivity contribution in [3.63, 3.8) is 0 Å². The van der Waals surface area contributed by atoms with Gasteiger partial charge < -0.3 is 9.83 Å². The lowest BCUT2D eigenvalue weighted by atomic mass is 10.0. The van der Waals surface area contributed by atoms with E-state index in [4.69, 9.17) is 11.6 Å². The fourth-order valence-electron chi connectivity index (χ4n) is 1.91. The quantitative estimate of drug-likeness (QED) is 0.722. The predicted molar refractivity (Wildman–Crippen MR) is 88.6 cm³/mol. The second-order valence-electron chi connectivity index (χ2n) is 4.67. The molecule has 0 saturated heterocycles. The van der Waals surface area contributed by atoms with Crippen LogP contribution in [0.25, 0.3) is 6.08 Å². The Labute approximate surface area is 132 Å². The molecule has 0 aliphatic carbocycles. The molecule has 0 radical (unpaired) electrons. The fourth-order valence-corrected chi connectivity index (χ4v) is 2.92. The molecule has 110 valence electrons. The first-order chi connectivity index (χ1) is 9.92. The average molecular weight is 324 g/mol. The van der Waals surface area contributed by atoms with Crippen molar-refractivity contribution in [3.05, 3.63) is 58.4 Å². The highest BCUT2D eigenvalue weighted by Crippen LogP contribution is 2.34. The summed E-state index contributed by atoms with van der Waals surface area (Å²) in [6.45, 7) is 7.77. The van der Waals surface area contributed by atoms with E-state index in [1.165, 1.54) is 18.0 Å². The normalized spacial score (nSPS) is 10.5. The largest absolute Gasteiger partial charge is 0.507 e. The molecule has 2 aromatic carbocycles. The van der Waals surface area contributed by atoms with Gasteiger partial charge in [-0.1, -0.05) is 30.3 Å². The van der Waals surface area contributed by atoms with Gasteiger partial charge in [0.05, 0.1) is 9.92 Å². The van der Waals surface area contributed by atoms with Crippen molar-refractivity contribution < 1.29 is 9.50 Å². The van der Waals surface area contributed by atoms with E-state index in [2.05, 4.69) is 11.3 Å². The molecule has 2 rings (SSSR count). The molecule has 0 atom stereocenters. The van der Waals surface area contributed by atoms with Crippen LogP contribution in [0.5, 0.6) is 5.75 Å². The standard InChI is InChI=1S/C16H15ClFNOS/c1-4-11-5-9(2)6-14(10(11)3)19-21-16-7-12(17)13(18)8-15(16)20/h4-8,19-20H,1H2,2-3H3. The SMILES string of the molecule is C=Cc1cc(C)cc(NSc2cc(Cl)c(F)cc2O)c1C. The first-order valence-electron chi connectivity index (χ1n) is 6.27. The number of rotatable bonds is 4. The summed E-state index contributed by atoms with van der Waals surface area (Å²) in [7, 11) is 0. The van der Waals surface area contributed by atoms with Crippen LogP contribution in [0.1, 0.15) is 16.7 Å². The zero-order valence-electron chi connectivity index (χ0n) is 11.7. The minimum atomic E-state index is -0.640. The highest BCUT2D eigenvalue weighted by atomic mass is 35.5. The number of aryl methyl sites for hydroxylation is 1. The third-order valence-corrected chi connectivity index (χ3v) is 4.24. The van der Waals surface area contributed by atoms with Crippen molar-refractivity contribution in [2.24, 2.45) is 0 Å². The van der Waals surface area contributed by atoms with Gasteiger partial charge in [-0.05, 0) is 54.6 Å². The molecule has 2 nitrogen and oxygen atoms in total. The summed E-state index contributed by atoms with van der Waals surface area (Å²) in [5.74, 6) is -0.789. The maximum absolute atomic E-state index is 13.2. The maximum atomic E-state index is 13.2.